The summed E-state index contributed by atoms with van der Waals surface area (Å²) in [6, 6.07) is 1.91. The third-order valence-corrected chi connectivity index (χ3v) is 3.59. The lowest BCUT2D eigenvalue weighted by molar-refractivity contribution is 0.0581. The van der Waals surface area contributed by atoms with E-state index in [1.807, 2.05) is 33.0 Å². The lowest BCUT2D eigenvalue weighted by atomic mass is 10.0. The minimum absolute atomic E-state index is 0.167. The lowest BCUT2D eigenvalue weighted by Crippen LogP contribution is -2.37. The van der Waals surface area contributed by atoms with Gasteiger partial charge < -0.3 is 4.74 Å². The topological polar surface area (TPSA) is 42.4 Å². The number of carbonyl (C=O) groups is 1. The number of anilines is 1. The molecule has 0 unspecified atom stereocenters. The molecule has 1 aliphatic carbocycles. The van der Waals surface area contributed by atoms with E-state index in [-0.39, 0.29) is 11.5 Å². The third-order valence-electron chi connectivity index (χ3n) is 3.59. The molecule has 0 atom stereocenters. The van der Waals surface area contributed by atoms with Crippen LogP contribution in [0.2, 0.25) is 0 Å². The van der Waals surface area contributed by atoms with Crippen molar-refractivity contribution in [1.82, 2.24) is 4.98 Å². The third kappa shape index (κ3) is 1.76. The van der Waals surface area contributed by atoms with Gasteiger partial charge in [-0.3, -0.25) is 9.88 Å². The van der Waals surface area contributed by atoms with Gasteiger partial charge in [0.05, 0.1) is 5.69 Å². The number of fused-ring (bicyclic) bond motifs is 2. The molecule has 3 rings (SSSR count). The van der Waals surface area contributed by atoms with Crippen molar-refractivity contribution in [2.45, 2.75) is 44.6 Å². The molecule has 0 saturated heterocycles. The Morgan fingerprint density at radius 2 is 2.17 bits per heavy atom. The molecule has 1 aromatic heterocycles. The van der Waals surface area contributed by atoms with Gasteiger partial charge in [0.1, 0.15) is 5.60 Å². The van der Waals surface area contributed by atoms with E-state index < -0.39 is 5.60 Å². The van der Waals surface area contributed by atoms with E-state index in [1.54, 1.807) is 11.1 Å². The van der Waals surface area contributed by atoms with Crippen LogP contribution in [0.25, 0.3) is 0 Å². The summed E-state index contributed by atoms with van der Waals surface area (Å²) < 4.78 is 5.47. The van der Waals surface area contributed by atoms with Crippen LogP contribution in [0.15, 0.2) is 18.5 Å². The van der Waals surface area contributed by atoms with Crippen LogP contribution in [-0.4, -0.2) is 23.2 Å². The molecule has 1 fully saturated rings. The smallest absolute Gasteiger partial charge is 0.414 e. The number of nitrogens with zero attached hydrogens (tertiary/aromatic N) is 2. The maximum Gasteiger partial charge on any atom is 0.414 e. The first-order valence-corrected chi connectivity index (χ1v) is 6.36. The summed E-state index contributed by atoms with van der Waals surface area (Å²) in [7, 11) is 0. The number of rotatable bonds is 0. The van der Waals surface area contributed by atoms with E-state index in [0.717, 1.165) is 25.1 Å². The number of hydrogen-bond acceptors (Lipinski definition) is 3. The molecule has 0 radical (unpaired) electrons. The van der Waals surface area contributed by atoms with Crippen molar-refractivity contribution in [1.29, 1.82) is 0 Å². The van der Waals surface area contributed by atoms with Gasteiger partial charge in [-0.15, -0.1) is 0 Å². The van der Waals surface area contributed by atoms with Gasteiger partial charge >= 0.3 is 6.09 Å². The van der Waals surface area contributed by atoms with Gasteiger partial charge in [-0.1, -0.05) is 0 Å². The monoisotopic (exact) mass is 246 g/mol. The highest BCUT2D eigenvalue weighted by atomic mass is 16.6. The zero-order valence-electron chi connectivity index (χ0n) is 11.1. The van der Waals surface area contributed by atoms with Crippen LogP contribution < -0.4 is 4.90 Å². The molecule has 1 saturated carbocycles. The predicted octanol–water partition coefficient (Wildman–Crippen LogP) is 2.87. The average molecular weight is 246 g/mol. The molecular formula is C14H18N2O2. The highest BCUT2D eigenvalue weighted by Gasteiger charge is 2.53. The highest BCUT2D eigenvalue weighted by molar-refractivity contribution is 5.92. The van der Waals surface area contributed by atoms with Crippen LogP contribution in [0.4, 0.5) is 10.5 Å². The van der Waals surface area contributed by atoms with Crippen LogP contribution in [0.5, 0.6) is 0 Å². The first kappa shape index (κ1) is 11.5. The Morgan fingerprint density at radius 1 is 1.44 bits per heavy atom. The molecule has 2 heterocycles. The minimum atomic E-state index is -0.455. The molecular weight excluding hydrogens is 228 g/mol. The van der Waals surface area contributed by atoms with E-state index in [9.17, 15) is 4.79 Å². The van der Waals surface area contributed by atoms with Gasteiger partial charge in [0.15, 0.2) is 0 Å². The summed E-state index contributed by atoms with van der Waals surface area (Å²) in [6.45, 7) is 6.41. The summed E-state index contributed by atoms with van der Waals surface area (Å²) in [4.78, 5) is 18.2. The molecule has 1 aliphatic heterocycles. The van der Waals surface area contributed by atoms with Crippen LogP contribution in [-0.2, 0) is 10.2 Å². The zero-order chi connectivity index (χ0) is 13.0. The highest BCUT2D eigenvalue weighted by Crippen LogP contribution is 2.56. The number of carbonyl (C=O) groups excluding carboxylic acids is 1. The molecule has 96 valence electrons. The van der Waals surface area contributed by atoms with Crippen molar-refractivity contribution in [3.8, 4) is 0 Å². The van der Waals surface area contributed by atoms with Gasteiger partial charge in [-0.2, -0.15) is 0 Å². The maximum atomic E-state index is 12.2. The summed E-state index contributed by atoms with van der Waals surface area (Å²) in [6.07, 6.45) is 5.67. The van der Waals surface area contributed by atoms with E-state index in [4.69, 9.17) is 4.74 Å². The summed E-state index contributed by atoms with van der Waals surface area (Å²) in [5, 5.41) is 0. The van der Waals surface area contributed by atoms with Crippen molar-refractivity contribution in [2.75, 3.05) is 11.4 Å². The first-order valence-electron chi connectivity index (χ1n) is 6.36. The Labute approximate surface area is 107 Å². The van der Waals surface area contributed by atoms with Gasteiger partial charge in [0.25, 0.3) is 0 Å². The van der Waals surface area contributed by atoms with E-state index in [1.165, 1.54) is 5.56 Å². The standard InChI is InChI=1S/C14H18N2O2/c1-13(2,3)18-12(17)16-9-14(5-6-14)10-8-15-7-4-11(10)16/h4,7-8H,5-6,9H2,1-3H3. The van der Waals surface area contributed by atoms with Crippen molar-refractivity contribution >= 4 is 11.8 Å². The Morgan fingerprint density at radius 3 is 2.78 bits per heavy atom. The van der Waals surface area contributed by atoms with Gasteiger partial charge in [-0.05, 0) is 39.7 Å². The van der Waals surface area contributed by atoms with Crippen LogP contribution in [0.1, 0.15) is 39.2 Å². The number of hydrogen-bond donors (Lipinski definition) is 0. The molecule has 2 aliphatic rings. The number of aromatic nitrogens is 1. The Bertz CT molecular complexity index is 501. The molecule has 0 aromatic carbocycles. The predicted molar refractivity (Wildman–Crippen MR) is 68.7 cm³/mol. The molecule has 0 bridgehead atoms. The fraction of sp³-hybridized carbons (Fsp3) is 0.571. The normalized spacial score (nSPS) is 19.8. The average Bonchev–Trinajstić information content (AvgIpc) is 2.96. The molecule has 1 amide bonds. The Kier molecular flexibility index (Phi) is 2.22. The molecule has 4 nitrogen and oxygen atoms in total. The quantitative estimate of drug-likeness (QED) is 0.707. The second kappa shape index (κ2) is 3.46. The van der Waals surface area contributed by atoms with E-state index >= 15 is 0 Å². The molecule has 1 aromatic rings. The van der Waals surface area contributed by atoms with Crippen molar-refractivity contribution < 1.29 is 9.53 Å². The van der Waals surface area contributed by atoms with Crippen LogP contribution >= 0.6 is 0 Å². The maximum absolute atomic E-state index is 12.2. The second-order valence-electron chi connectivity index (χ2n) is 6.24. The molecule has 0 N–H and O–H groups in total. The zero-order valence-corrected chi connectivity index (χ0v) is 11.1. The minimum Gasteiger partial charge on any atom is -0.443 e. The van der Waals surface area contributed by atoms with Crippen LogP contribution in [0.3, 0.4) is 0 Å². The number of amides is 1. The Hall–Kier alpha value is -1.58. The first-order chi connectivity index (χ1) is 8.41. The second-order valence-corrected chi connectivity index (χ2v) is 6.24. The van der Waals surface area contributed by atoms with Crippen molar-refractivity contribution in [2.24, 2.45) is 0 Å². The fourth-order valence-corrected chi connectivity index (χ4v) is 2.56. The van der Waals surface area contributed by atoms with E-state index in [2.05, 4.69) is 4.98 Å². The molecule has 18 heavy (non-hydrogen) atoms. The van der Waals surface area contributed by atoms with Crippen molar-refractivity contribution in [3.05, 3.63) is 24.0 Å². The van der Waals surface area contributed by atoms with Gasteiger partial charge in [0.2, 0.25) is 0 Å². The molecule has 4 heteroatoms. The SMILES string of the molecule is CC(C)(C)OC(=O)N1CC2(CC2)c2cnccc21. The van der Waals surface area contributed by atoms with Crippen molar-refractivity contribution in [3.63, 3.8) is 0 Å². The van der Waals surface area contributed by atoms with Gasteiger partial charge in [0, 0.05) is 29.9 Å². The van der Waals surface area contributed by atoms with Crippen LogP contribution in [0, 0.1) is 0 Å². The summed E-state index contributed by atoms with van der Waals surface area (Å²) >= 11 is 0. The number of ether oxygens (including phenoxy) is 1. The summed E-state index contributed by atoms with van der Waals surface area (Å²) in [5.41, 5.74) is 1.89. The Balaban J connectivity index is 1.90. The largest absolute Gasteiger partial charge is 0.443 e. The van der Waals surface area contributed by atoms with Gasteiger partial charge in [-0.25, -0.2) is 4.79 Å². The molecule has 1 spiro atoms. The summed E-state index contributed by atoms with van der Waals surface area (Å²) in [5.74, 6) is 0. The number of pyridine rings is 1. The fourth-order valence-electron chi connectivity index (χ4n) is 2.56. The van der Waals surface area contributed by atoms with E-state index in [0.29, 0.717) is 0 Å². The lowest BCUT2D eigenvalue weighted by Gasteiger charge is -2.25.